The highest BCUT2D eigenvalue weighted by atomic mass is 16.6. The fourth-order valence-corrected chi connectivity index (χ4v) is 1.62. The topological polar surface area (TPSA) is 105 Å². The van der Waals surface area contributed by atoms with Gasteiger partial charge in [-0.05, 0) is 26.8 Å². The molecule has 0 amide bonds. The Labute approximate surface area is 104 Å². The Morgan fingerprint density at radius 3 is 2.72 bits per heavy atom. The van der Waals surface area contributed by atoms with Gasteiger partial charge in [0.05, 0.1) is 11.3 Å². The first-order valence-corrected chi connectivity index (χ1v) is 5.33. The minimum absolute atomic E-state index is 0.0891. The smallest absolute Gasteiger partial charge is 0.314 e. The van der Waals surface area contributed by atoms with Gasteiger partial charge in [0.1, 0.15) is 0 Å². The van der Waals surface area contributed by atoms with Gasteiger partial charge in [-0.1, -0.05) is 0 Å². The molecule has 1 rings (SSSR count). The van der Waals surface area contributed by atoms with Crippen LogP contribution in [0.1, 0.15) is 25.8 Å². The molecule has 98 valence electrons. The number of aromatic nitrogens is 1. The predicted molar refractivity (Wildman–Crippen MR) is 65.6 cm³/mol. The number of nitrogens with one attached hydrogen (secondary N) is 1. The second-order valence-electron chi connectivity index (χ2n) is 4.66. The number of anilines is 1. The van der Waals surface area contributed by atoms with E-state index in [9.17, 15) is 14.9 Å². The van der Waals surface area contributed by atoms with Crippen molar-refractivity contribution in [2.45, 2.75) is 32.7 Å². The van der Waals surface area contributed by atoms with Crippen LogP contribution in [-0.4, -0.2) is 26.5 Å². The summed E-state index contributed by atoms with van der Waals surface area (Å²) >= 11 is 0. The molecule has 1 aromatic heterocycles. The van der Waals surface area contributed by atoms with Gasteiger partial charge in [-0.15, -0.1) is 0 Å². The Hall–Kier alpha value is -2.18. The maximum Gasteiger partial charge on any atom is 0.314 e. The van der Waals surface area contributed by atoms with Gasteiger partial charge in [-0.3, -0.25) is 14.9 Å². The molecule has 1 heterocycles. The van der Waals surface area contributed by atoms with Crippen LogP contribution >= 0.6 is 0 Å². The second-order valence-corrected chi connectivity index (χ2v) is 4.66. The van der Waals surface area contributed by atoms with E-state index in [0.29, 0.717) is 5.56 Å². The van der Waals surface area contributed by atoms with Gasteiger partial charge in [-0.25, -0.2) is 4.98 Å². The van der Waals surface area contributed by atoms with Gasteiger partial charge < -0.3 is 10.4 Å². The number of rotatable bonds is 5. The Balaban J connectivity index is 3.08. The molecule has 0 unspecified atom stereocenters. The minimum atomic E-state index is -0.984. The molecule has 0 fully saturated rings. The Morgan fingerprint density at radius 1 is 1.61 bits per heavy atom. The second kappa shape index (κ2) is 4.99. The Kier molecular flexibility index (Phi) is 3.85. The van der Waals surface area contributed by atoms with Gasteiger partial charge in [0.15, 0.2) is 0 Å². The van der Waals surface area contributed by atoms with Gasteiger partial charge in [0.2, 0.25) is 5.82 Å². The fraction of sp³-hybridized carbons (Fsp3) is 0.455. The lowest BCUT2D eigenvalue weighted by atomic mass is 10.0. The Morgan fingerprint density at radius 2 is 2.22 bits per heavy atom. The highest BCUT2D eigenvalue weighted by molar-refractivity contribution is 5.70. The highest BCUT2D eigenvalue weighted by Crippen LogP contribution is 2.28. The third-order valence-electron chi connectivity index (χ3n) is 2.36. The van der Waals surface area contributed by atoms with E-state index in [1.807, 2.05) is 0 Å². The van der Waals surface area contributed by atoms with E-state index in [2.05, 4.69) is 10.3 Å². The third kappa shape index (κ3) is 3.41. The zero-order valence-corrected chi connectivity index (χ0v) is 10.4. The number of aliphatic carboxylic acids is 1. The number of nitrogens with zero attached hydrogens (tertiary/aromatic N) is 2. The summed E-state index contributed by atoms with van der Waals surface area (Å²) in [5.74, 6) is -0.894. The van der Waals surface area contributed by atoms with Gasteiger partial charge in [0.25, 0.3) is 0 Å². The van der Waals surface area contributed by atoms with Crippen molar-refractivity contribution in [2.75, 3.05) is 5.32 Å². The molecular weight excluding hydrogens is 238 g/mol. The number of nitro groups is 1. The lowest BCUT2D eigenvalue weighted by Gasteiger charge is -2.24. The lowest BCUT2D eigenvalue weighted by molar-refractivity contribution is -0.384. The number of carboxylic acid groups (broad SMARTS) is 1. The van der Waals surface area contributed by atoms with Crippen molar-refractivity contribution >= 4 is 17.5 Å². The van der Waals surface area contributed by atoms with Crippen LogP contribution < -0.4 is 5.32 Å². The first kappa shape index (κ1) is 13.9. The molecule has 0 aliphatic carbocycles. The van der Waals surface area contributed by atoms with E-state index in [1.54, 1.807) is 20.8 Å². The number of carbonyl (C=O) groups is 1. The molecule has 0 spiro atoms. The van der Waals surface area contributed by atoms with Crippen molar-refractivity contribution in [3.63, 3.8) is 0 Å². The number of aryl methyl sites for hydroxylation is 1. The first-order valence-electron chi connectivity index (χ1n) is 5.33. The van der Waals surface area contributed by atoms with Gasteiger partial charge in [-0.2, -0.15) is 0 Å². The SMILES string of the molecule is Cc1ccnc(NC(C)(C)CC(=O)O)c1[N+](=O)[O-]. The summed E-state index contributed by atoms with van der Waals surface area (Å²) in [6, 6.07) is 1.54. The molecule has 1 aromatic rings. The van der Waals surface area contributed by atoms with Crippen molar-refractivity contribution in [3.8, 4) is 0 Å². The molecule has 18 heavy (non-hydrogen) atoms. The monoisotopic (exact) mass is 253 g/mol. The molecule has 0 saturated carbocycles. The van der Waals surface area contributed by atoms with Crippen LogP contribution in [-0.2, 0) is 4.79 Å². The van der Waals surface area contributed by atoms with Crippen molar-refractivity contribution < 1.29 is 14.8 Å². The van der Waals surface area contributed by atoms with Crippen LogP contribution in [0.15, 0.2) is 12.3 Å². The van der Waals surface area contributed by atoms with E-state index in [0.717, 1.165) is 0 Å². The average Bonchev–Trinajstić information content (AvgIpc) is 2.13. The fourth-order valence-electron chi connectivity index (χ4n) is 1.62. The molecule has 0 aliphatic heterocycles. The van der Waals surface area contributed by atoms with Crippen molar-refractivity contribution in [3.05, 3.63) is 27.9 Å². The third-order valence-corrected chi connectivity index (χ3v) is 2.36. The first-order chi connectivity index (χ1) is 8.23. The zero-order valence-electron chi connectivity index (χ0n) is 10.4. The maximum atomic E-state index is 11.0. The van der Waals surface area contributed by atoms with E-state index in [4.69, 9.17) is 5.11 Å². The summed E-state index contributed by atoms with van der Waals surface area (Å²) in [7, 11) is 0. The van der Waals surface area contributed by atoms with E-state index >= 15 is 0 Å². The summed E-state index contributed by atoms with van der Waals surface area (Å²) in [5, 5.41) is 22.5. The standard InChI is InChI=1S/C11H15N3O4/c1-7-4-5-12-10(9(7)14(17)18)13-11(2,3)6-8(15)16/h4-5H,6H2,1-3H3,(H,12,13)(H,15,16). The molecule has 7 heteroatoms. The van der Waals surface area contributed by atoms with E-state index in [-0.39, 0.29) is 17.9 Å². The molecule has 0 saturated heterocycles. The molecule has 7 nitrogen and oxygen atoms in total. The molecular formula is C11H15N3O4. The van der Waals surface area contributed by atoms with Gasteiger partial charge >= 0.3 is 11.7 Å². The molecule has 2 N–H and O–H groups in total. The number of hydrogen-bond acceptors (Lipinski definition) is 5. The molecule has 0 atom stereocenters. The van der Waals surface area contributed by atoms with Crippen LogP contribution in [0, 0.1) is 17.0 Å². The Bertz CT molecular complexity index is 485. The summed E-state index contributed by atoms with van der Waals surface area (Å²) in [6.45, 7) is 4.90. The quantitative estimate of drug-likeness (QED) is 0.613. The predicted octanol–water partition coefficient (Wildman–Crippen LogP) is 1.96. The van der Waals surface area contributed by atoms with Crippen LogP contribution in [0.25, 0.3) is 0 Å². The summed E-state index contributed by atoms with van der Waals surface area (Å²) in [6.07, 6.45) is 1.28. The highest BCUT2D eigenvalue weighted by Gasteiger charge is 2.27. The van der Waals surface area contributed by atoms with Crippen molar-refractivity contribution in [1.29, 1.82) is 0 Å². The largest absolute Gasteiger partial charge is 0.481 e. The van der Waals surface area contributed by atoms with Crippen LogP contribution in [0.2, 0.25) is 0 Å². The van der Waals surface area contributed by atoms with Crippen molar-refractivity contribution in [2.24, 2.45) is 0 Å². The maximum absolute atomic E-state index is 11.0. The lowest BCUT2D eigenvalue weighted by Crippen LogP contribution is -2.34. The van der Waals surface area contributed by atoms with Crippen LogP contribution in [0.4, 0.5) is 11.5 Å². The number of carboxylic acids is 1. The van der Waals surface area contributed by atoms with E-state index in [1.165, 1.54) is 12.3 Å². The minimum Gasteiger partial charge on any atom is -0.481 e. The summed E-state index contributed by atoms with van der Waals surface area (Å²) in [5.41, 5.74) is -0.475. The summed E-state index contributed by atoms with van der Waals surface area (Å²) in [4.78, 5) is 25.0. The summed E-state index contributed by atoms with van der Waals surface area (Å²) < 4.78 is 0. The van der Waals surface area contributed by atoms with Crippen LogP contribution in [0.3, 0.4) is 0 Å². The molecule has 0 radical (unpaired) electrons. The van der Waals surface area contributed by atoms with Crippen LogP contribution in [0.5, 0.6) is 0 Å². The van der Waals surface area contributed by atoms with Crippen molar-refractivity contribution in [1.82, 2.24) is 4.98 Å². The molecule has 0 bridgehead atoms. The number of hydrogen-bond donors (Lipinski definition) is 2. The molecule has 0 aliphatic rings. The number of pyridine rings is 1. The molecule has 0 aromatic carbocycles. The van der Waals surface area contributed by atoms with E-state index < -0.39 is 16.4 Å². The zero-order chi connectivity index (χ0) is 13.9. The van der Waals surface area contributed by atoms with Gasteiger partial charge in [0, 0.05) is 17.3 Å². The average molecular weight is 253 g/mol. The normalized spacial score (nSPS) is 11.1.